The lowest BCUT2D eigenvalue weighted by atomic mass is 9.92. The SMILES string of the molecule is Cc1ccc([C@](C)(O)CN2C[C@@H](c3ccc(F)cc3)N(c3ccc(OCCO)cc3Cl)C[C@H]2C)cc1. The number of aliphatic hydroxyl groups is 2. The van der Waals surface area contributed by atoms with E-state index in [9.17, 15) is 9.50 Å². The van der Waals surface area contributed by atoms with Crippen LogP contribution in [0, 0.1) is 12.7 Å². The first-order valence-corrected chi connectivity index (χ1v) is 12.6. The van der Waals surface area contributed by atoms with Crippen LogP contribution < -0.4 is 9.64 Å². The highest BCUT2D eigenvalue weighted by Gasteiger charge is 2.37. The molecule has 3 atom stereocenters. The molecule has 0 radical (unpaired) electrons. The number of rotatable bonds is 8. The van der Waals surface area contributed by atoms with Crippen molar-refractivity contribution in [2.75, 3.05) is 37.7 Å². The fraction of sp³-hybridized carbons (Fsp3) is 0.379. The third kappa shape index (κ3) is 6.01. The summed E-state index contributed by atoms with van der Waals surface area (Å²) in [5, 5.41) is 21.0. The average Bonchev–Trinajstić information content (AvgIpc) is 2.85. The number of halogens is 2. The van der Waals surface area contributed by atoms with Gasteiger partial charge in [0.25, 0.3) is 0 Å². The molecule has 3 aromatic carbocycles. The maximum Gasteiger partial charge on any atom is 0.123 e. The molecule has 0 amide bonds. The van der Waals surface area contributed by atoms with Gasteiger partial charge in [-0.15, -0.1) is 0 Å². The quantitative estimate of drug-likeness (QED) is 0.428. The number of ether oxygens (including phenoxy) is 1. The van der Waals surface area contributed by atoms with Gasteiger partial charge < -0.3 is 19.8 Å². The van der Waals surface area contributed by atoms with E-state index in [2.05, 4.69) is 16.7 Å². The van der Waals surface area contributed by atoms with E-state index in [-0.39, 0.29) is 31.1 Å². The molecular weight excluding hydrogens is 479 g/mol. The third-order valence-corrected chi connectivity index (χ3v) is 7.20. The lowest BCUT2D eigenvalue weighted by Gasteiger charge is -2.48. The van der Waals surface area contributed by atoms with E-state index >= 15 is 0 Å². The second-order valence-electron chi connectivity index (χ2n) is 9.82. The molecular formula is C29H34ClFN2O3. The van der Waals surface area contributed by atoms with Crippen molar-refractivity contribution in [2.24, 2.45) is 0 Å². The minimum atomic E-state index is -1.03. The normalized spacial score (nSPS) is 20.2. The fourth-order valence-corrected chi connectivity index (χ4v) is 5.14. The van der Waals surface area contributed by atoms with Gasteiger partial charge in [-0.1, -0.05) is 53.6 Å². The maximum absolute atomic E-state index is 13.8. The van der Waals surface area contributed by atoms with Crippen molar-refractivity contribution in [1.29, 1.82) is 0 Å². The Labute approximate surface area is 217 Å². The molecule has 1 aliphatic rings. The highest BCUT2D eigenvalue weighted by molar-refractivity contribution is 6.33. The molecule has 0 spiro atoms. The smallest absolute Gasteiger partial charge is 0.123 e. The Balaban J connectivity index is 1.63. The Morgan fingerprint density at radius 1 is 1.06 bits per heavy atom. The first kappa shape index (κ1) is 26.4. The van der Waals surface area contributed by atoms with Gasteiger partial charge in [0.05, 0.1) is 29.0 Å². The Morgan fingerprint density at radius 3 is 2.39 bits per heavy atom. The largest absolute Gasteiger partial charge is 0.491 e. The topological polar surface area (TPSA) is 56.2 Å². The number of benzene rings is 3. The number of β-amino-alcohol motifs (C(OH)–C–C–N with tert-alkyl or cyclic N) is 1. The maximum atomic E-state index is 13.8. The Bertz CT molecular complexity index is 1150. The molecule has 36 heavy (non-hydrogen) atoms. The van der Waals surface area contributed by atoms with E-state index in [4.69, 9.17) is 21.4 Å². The number of hydrogen-bond acceptors (Lipinski definition) is 5. The van der Waals surface area contributed by atoms with Gasteiger partial charge in [-0.3, -0.25) is 4.90 Å². The molecule has 0 saturated carbocycles. The second kappa shape index (κ2) is 11.2. The van der Waals surface area contributed by atoms with Gasteiger partial charge in [0.15, 0.2) is 0 Å². The van der Waals surface area contributed by atoms with Crippen LogP contribution in [0.5, 0.6) is 5.75 Å². The van der Waals surface area contributed by atoms with Gasteiger partial charge in [0.1, 0.15) is 18.2 Å². The summed E-state index contributed by atoms with van der Waals surface area (Å²) in [5.74, 6) is 0.314. The molecule has 0 bridgehead atoms. The van der Waals surface area contributed by atoms with E-state index in [1.807, 2.05) is 62.4 Å². The third-order valence-electron chi connectivity index (χ3n) is 6.90. The van der Waals surface area contributed by atoms with Gasteiger partial charge in [-0.05, 0) is 56.2 Å². The zero-order valence-electron chi connectivity index (χ0n) is 21.0. The van der Waals surface area contributed by atoms with Crippen LogP contribution in [0.15, 0.2) is 66.7 Å². The Morgan fingerprint density at radius 2 is 1.75 bits per heavy atom. The fourth-order valence-electron chi connectivity index (χ4n) is 4.86. The van der Waals surface area contributed by atoms with Crippen LogP contribution in [0.3, 0.4) is 0 Å². The van der Waals surface area contributed by atoms with Crippen molar-refractivity contribution in [2.45, 2.75) is 38.5 Å². The van der Waals surface area contributed by atoms with Crippen molar-refractivity contribution >= 4 is 17.3 Å². The van der Waals surface area contributed by atoms with Gasteiger partial charge in [0.2, 0.25) is 0 Å². The number of nitrogens with zero attached hydrogens (tertiary/aromatic N) is 2. The monoisotopic (exact) mass is 512 g/mol. The molecule has 2 N–H and O–H groups in total. The predicted molar refractivity (Wildman–Crippen MR) is 142 cm³/mol. The number of aliphatic hydroxyl groups excluding tert-OH is 1. The van der Waals surface area contributed by atoms with Crippen LogP contribution in [-0.2, 0) is 5.60 Å². The van der Waals surface area contributed by atoms with Crippen molar-refractivity contribution in [3.8, 4) is 5.75 Å². The van der Waals surface area contributed by atoms with Crippen molar-refractivity contribution in [3.63, 3.8) is 0 Å². The Kier molecular flexibility index (Phi) is 8.20. The van der Waals surface area contributed by atoms with E-state index in [1.165, 1.54) is 12.1 Å². The summed E-state index contributed by atoms with van der Waals surface area (Å²) in [6.45, 7) is 7.92. The lowest BCUT2D eigenvalue weighted by molar-refractivity contribution is -0.00369. The highest BCUT2D eigenvalue weighted by Crippen LogP contribution is 2.39. The molecule has 5 nitrogen and oxygen atoms in total. The van der Waals surface area contributed by atoms with Crippen LogP contribution in [0.2, 0.25) is 5.02 Å². The molecule has 0 aromatic heterocycles. The summed E-state index contributed by atoms with van der Waals surface area (Å²) in [6.07, 6.45) is 0. The highest BCUT2D eigenvalue weighted by atomic mass is 35.5. The summed E-state index contributed by atoms with van der Waals surface area (Å²) in [5.41, 5.74) is 2.83. The summed E-state index contributed by atoms with van der Waals surface area (Å²) in [7, 11) is 0. The van der Waals surface area contributed by atoms with Gasteiger partial charge in [-0.25, -0.2) is 4.39 Å². The summed E-state index contributed by atoms with van der Waals surface area (Å²) < 4.78 is 19.3. The van der Waals surface area contributed by atoms with Crippen LogP contribution in [0.4, 0.5) is 10.1 Å². The number of piperazine rings is 1. The van der Waals surface area contributed by atoms with Crippen molar-refractivity contribution < 1.29 is 19.3 Å². The minimum Gasteiger partial charge on any atom is -0.491 e. The van der Waals surface area contributed by atoms with Crippen LogP contribution >= 0.6 is 11.6 Å². The van der Waals surface area contributed by atoms with E-state index in [0.29, 0.717) is 30.4 Å². The summed E-state index contributed by atoms with van der Waals surface area (Å²) >= 11 is 6.71. The van der Waals surface area contributed by atoms with Crippen LogP contribution in [-0.4, -0.2) is 54.0 Å². The van der Waals surface area contributed by atoms with Crippen LogP contribution in [0.25, 0.3) is 0 Å². The summed E-state index contributed by atoms with van der Waals surface area (Å²) in [6, 6.07) is 20.1. The minimum absolute atomic E-state index is 0.0716. The first-order valence-electron chi connectivity index (χ1n) is 12.3. The molecule has 3 aromatic rings. The molecule has 192 valence electrons. The van der Waals surface area contributed by atoms with E-state index < -0.39 is 5.60 Å². The first-order chi connectivity index (χ1) is 17.2. The second-order valence-corrected chi connectivity index (χ2v) is 10.2. The molecule has 0 aliphatic carbocycles. The van der Waals surface area contributed by atoms with E-state index in [1.54, 1.807) is 6.07 Å². The summed E-state index contributed by atoms with van der Waals surface area (Å²) in [4.78, 5) is 4.53. The molecule has 0 unspecified atom stereocenters. The van der Waals surface area contributed by atoms with Gasteiger partial charge >= 0.3 is 0 Å². The zero-order valence-corrected chi connectivity index (χ0v) is 21.8. The van der Waals surface area contributed by atoms with Crippen molar-refractivity contribution in [3.05, 3.63) is 94.3 Å². The molecule has 1 fully saturated rings. The van der Waals surface area contributed by atoms with Crippen molar-refractivity contribution in [1.82, 2.24) is 4.90 Å². The number of anilines is 1. The zero-order chi connectivity index (χ0) is 25.9. The van der Waals surface area contributed by atoms with E-state index in [0.717, 1.165) is 22.4 Å². The molecule has 4 rings (SSSR count). The Hall–Kier alpha value is -2.64. The van der Waals surface area contributed by atoms with Gasteiger partial charge in [-0.2, -0.15) is 0 Å². The number of hydrogen-bond donors (Lipinski definition) is 2. The average molecular weight is 513 g/mol. The van der Waals surface area contributed by atoms with Gasteiger partial charge in [0, 0.05) is 31.7 Å². The molecule has 7 heteroatoms. The molecule has 1 aliphatic heterocycles. The molecule has 1 saturated heterocycles. The lowest BCUT2D eigenvalue weighted by Crippen LogP contribution is -2.56. The number of aryl methyl sites for hydroxylation is 1. The molecule has 1 heterocycles. The predicted octanol–water partition coefficient (Wildman–Crippen LogP) is 5.32. The van der Waals surface area contributed by atoms with Crippen LogP contribution in [0.1, 0.15) is 36.6 Å². The standard InChI is InChI=1S/C29H34ClFN2O3/c1-20-4-8-23(9-5-20)29(3,35)19-32-18-28(22-6-10-24(31)11-7-22)33(17-21(32)2)27-13-12-25(16-26(27)30)36-15-14-34/h4-13,16,21,28,34-35H,14-15,17-19H2,1-3H3/t21-,28+,29-/m1/s1.